The quantitative estimate of drug-likeness (QED) is 0.388. The number of halogens is 1. The van der Waals surface area contributed by atoms with Gasteiger partial charge in [0, 0.05) is 0 Å². The van der Waals surface area contributed by atoms with E-state index in [-0.39, 0.29) is 5.82 Å². The largest absolute Gasteiger partial charge is 0.207 e. The third-order valence-electron chi connectivity index (χ3n) is 6.90. The van der Waals surface area contributed by atoms with Crippen molar-refractivity contribution >= 4 is 0 Å². The summed E-state index contributed by atoms with van der Waals surface area (Å²) < 4.78 is 15.0. The molecule has 156 valence electrons. The fourth-order valence-corrected chi connectivity index (χ4v) is 5.00. The lowest BCUT2D eigenvalue weighted by Gasteiger charge is -2.29. The molecule has 0 bridgehead atoms. The van der Waals surface area contributed by atoms with Gasteiger partial charge >= 0.3 is 0 Å². The molecule has 1 aliphatic rings. The van der Waals surface area contributed by atoms with Crippen LogP contribution in [0.25, 0.3) is 22.3 Å². The van der Waals surface area contributed by atoms with E-state index >= 15 is 0 Å². The summed E-state index contributed by atoms with van der Waals surface area (Å²) in [5, 5.41) is 0. The second kappa shape index (κ2) is 9.60. The molecule has 0 aliphatic heterocycles. The molecule has 0 amide bonds. The molecular formula is C29H33F. The van der Waals surface area contributed by atoms with Gasteiger partial charge in [-0.25, -0.2) is 4.39 Å². The fourth-order valence-electron chi connectivity index (χ4n) is 5.00. The maximum Gasteiger partial charge on any atom is 0.127 e. The Bertz CT molecular complexity index is 945. The van der Waals surface area contributed by atoms with Gasteiger partial charge in [-0.2, -0.15) is 0 Å². The van der Waals surface area contributed by atoms with Gasteiger partial charge in [-0.1, -0.05) is 87.4 Å². The number of rotatable bonds is 6. The minimum atomic E-state index is -0.0364. The summed E-state index contributed by atoms with van der Waals surface area (Å²) in [6.45, 7) is 4.44. The lowest BCUT2D eigenvalue weighted by Crippen LogP contribution is -2.14. The molecule has 0 nitrogen and oxygen atoms in total. The summed E-state index contributed by atoms with van der Waals surface area (Å²) in [5.41, 5.74) is 6.72. The van der Waals surface area contributed by atoms with Gasteiger partial charge in [0.05, 0.1) is 0 Å². The third-order valence-corrected chi connectivity index (χ3v) is 6.90. The van der Waals surface area contributed by atoms with Crippen molar-refractivity contribution in [2.45, 2.75) is 64.7 Å². The lowest BCUT2D eigenvalue weighted by atomic mass is 9.77. The molecular weight excluding hydrogens is 367 g/mol. The molecule has 3 aromatic rings. The molecule has 1 fully saturated rings. The summed E-state index contributed by atoms with van der Waals surface area (Å²) in [6.07, 6.45) is 8.41. The van der Waals surface area contributed by atoms with Crippen LogP contribution in [-0.4, -0.2) is 0 Å². The smallest absolute Gasteiger partial charge is 0.127 e. The molecule has 1 aliphatic carbocycles. The first-order chi connectivity index (χ1) is 14.7. The highest BCUT2D eigenvalue weighted by atomic mass is 19.1. The molecule has 0 saturated heterocycles. The van der Waals surface area contributed by atoms with Crippen molar-refractivity contribution in [1.29, 1.82) is 0 Å². The summed E-state index contributed by atoms with van der Waals surface area (Å²) in [6, 6.07) is 23.1. The van der Waals surface area contributed by atoms with Crippen molar-refractivity contribution in [2.24, 2.45) is 5.92 Å². The van der Waals surface area contributed by atoms with Gasteiger partial charge < -0.3 is 0 Å². The molecule has 0 radical (unpaired) electrons. The zero-order valence-corrected chi connectivity index (χ0v) is 18.3. The zero-order valence-electron chi connectivity index (χ0n) is 18.3. The van der Waals surface area contributed by atoms with E-state index in [2.05, 4.69) is 68.4 Å². The summed E-state index contributed by atoms with van der Waals surface area (Å²) in [7, 11) is 0. The van der Waals surface area contributed by atoms with Crippen LogP contribution in [0.3, 0.4) is 0 Å². The van der Waals surface area contributed by atoms with E-state index < -0.39 is 0 Å². The summed E-state index contributed by atoms with van der Waals surface area (Å²) in [4.78, 5) is 0. The number of hydrogen-bond acceptors (Lipinski definition) is 0. The Labute approximate surface area is 181 Å². The molecule has 30 heavy (non-hydrogen) atoms. The first kappa shape index (κ1) is 20.8. The fraction of sp³-hybridized carbons (Fsp3) is 0.379. The summed E-state index contributed by atoms with van der Waals surface area (Å²) >= 11 is 0. The van der Waals surface area contributed by atoms with E-state index in [0.717, 1.165) is 41.9 Å². The van der Waals surface area contributed by atoms with E-state index in [1.54, 1.807) is 6.07 Å². The number of aryl methyl sites for hydroxylation is 1. The predicted octanol–water partition coefficient (Wildman–Crippen LogP) is 8.80. The minimum absolute atomic E-state index is 0.0364. The van der Waals surface area contributed by atoms with Gasteiger partial charge in [0.2, 0.25) is 0 Å². The van der Waals surface area contributed by atoms with Crippen LogP contribution >= 0.6 is 0 Å². The van der Waals surface area contributed by atoms with Gasteiger partial charge in [-0.05, 0) is 83.4 Å². The topological polar surface area (TPSA) is 0 Å². The highest BCUT2D eigenvalue weighted by molar-refractivity contribution is 5.70. The molecule has 1 heteroatoms. The monoisotopic (exact) mass is 400 g/mol. The number of hydrogen-bond donors (Lipinski definition) is 0. The van der Waals surface area contributed by atoms with Crippen molar-refractivity contribution in [2.75, 3.05) is 0 Å². The molecule has 3 aromatic carbocycles. The van der Waals surface area contributed by atoms with Crippen LogP contribution in [0.2, 0.25) is 0 Å². The van der Waals surface area contributed by atoms with Crippen molar-refractivity contribution in [3.05, 3.63) is 83.7 Å². The van der Waals surface area contributed by atoms with E-state index in [9.17, 15) is 4.39 Å². The Kier molecular flexibility index (Phi) is 6.67. The molecule has 0 heterocycles. The van der Waals surface area contributed by atoms with Crippen LogP contribution in [0, 0.1) is 11.7 Å². The first-order valence-electron chi connectivity index (χ1n) is 11.7. The van der Waals surface area contributed by atoms with Gasteiger partial charge in [-0.3, -0.25) is 0 Å². The average Bonchev–Trinajstić information content (AvgIpc) is 2.80. The van der Waals surface area contributed by atoms with Gasteiger partial charge in [-0.15, -0.1) is 0 Å². The van der Waals surface area contributed by atoms with Crippen LogP contribution in [-0.2, 0) is 6.42 Å². The van der Waals surface area contributed by atoms with Crippen molar-refractivity contribution in [1.82, 2.24) is 0 Å². The predicted molar refractivity (Wildman–Crippen MR) is 126 cm³/mol. The highest BCUT2D eigenvalue weighted by Crippen LogP contribution is 2.39. The Morgan fingerprint density at radius 1 is 0.700 bits per heavy atom. The Morgan fingerprint density at radius 2 is 1.23 bits per heavy atom. The maximum absolute atomic E-state index is 15.0. The molecule has 0 spiro atoms. The maximum atomic E-state index is 15.0. The second-order valence-electron chi connectivity index (χ2n) is 8.87. The summed E-state index contributed by atoms with van der Waals surface area (Å²) in [5.74, 6) is 1.21. The average molecular weight is 401 g/mol. The van der Waals surface area contributed by atoms with E-state index in [4.69, 9.17) is 0 Å². The van der Waals surface area contributed by atoms with Crippen LogP contribution in [0.4, 0.5) is 4.39 Å². The highest BCUT2D eigenvalue weighted by Gasteiger charge is 2.24. The van der Waals surface area contributed by atoms with Crippen molar-refractivity contribution < 1.29 is 4.39 Å². The van der Waals surface area contributed by atoms with Gasteiger partial charge in [0.25, 0.3) is 0 Å². The molecule has 0 aromatic heterocycles. The van der Waals surface area contributed by atoms with E-state index in [1.807, 2.05) is 6.07 Å². The Morgan fingerprint density at radius 3 is 1.77 bits per heavy atom. The lowest BCUT2D eigenvalue weighted by molar-refractivity contribution is 0.304. The molecule has 0 N–H and O–H groups in total. The Balaban J connectivity index is 1.47. The van der Waals surface area contributed by atoms with Crippen LogP contribution < -0.4 is 0 Å². The number of benzene rings is 3. The normalized spacial score (nSPS) is 19.0. The van der Waals surface area contributed by atoms with Crippen molar-refractivity contribution in [3.8, 4) is 22.3 Å². The van der Waals surface area contributed by atoms with Crippen LogP contribution in [0.1, 0.15) is 69.4 Å². The SMILES string of the molecule is CCCC1CCC(c2ccc(-c3ccc(-c4ccc(CC)cc4)cc3)cc2F)CC1. The standard InChI is InChI=1S/C29H33F/c1-3-5-22-8-12-26(13-9-22)28-19-18-27(20-29(28)30)25-16-14-24(15-17-25)23-10-6-21(4-2)7-11-23/h6-7,10-11,14-20,22,26H,3-5,8-9,12-13H2,1-2H3. The molecule has 0 atom stereocenters. The molecule has 0 unspecified atom stereocenters. The second-order valence-corrected chi connectivity index (χ2v) is 8.87. The van der Waals surface area contributed by atoms with Crippen molar-refractivity contribution in [3.63, 3.8) is 0 Å². The minimum Gasteiger partial charge on any atom is -0.207 e. The van der Waals surface area contributed by atoms with Crippen LogP contribution in [0.5, 0.6) is 0 Å². The molecule has 1 saturated carbocycles. The van der Waals surface area contributed by atoms with E-state index in [1.165, 1.54) is 42.4 Å². The zero-order chi connectivity index (χ0) is 20.9. The van der Waals surface area contributed by atoms with Crippen LogP contribution in [0.15, 0.2) is 66.7 Å². The van der Waals surface area contributed by atoms with E-state index in [0.29, 0.717) is 5.92 Å². The Hall–Kier alpha value is -2.41. The van der Waals surface area contributed by atoms with Gasteiger partial charge in [0.15, 0.2) is 0 Å². The van der Waals surface area contributed by atoms with Gasteiger partial charge in [0.1, 0.15) is 5.82 Å². The molecule has 4 rings (SSSR count). The third kappa shape index (κ3) is 4.67. The first-order valence-corrected chi connectivity index (χ1v) is 11.7.